The second-order valence-electron chi connectivity index (χ2n) is 10.5. The molecule has 2 aromatic rings. The molecule has 0 radical (unpaired) electrons. The van der Waals surface area contributed by atoms with Gasteiger partial charge in [0.2, 0.25) is 0 Å². The van der Waals surface area contributed by atoms with Crippen molar-refractivity contribution in [3.8, 4) is 5.75 Å². The molecule has 5 heterocycles. The van der Waals surface area contributed by atoms with Gasteiger partial charge in [-0.25, -0.2) is 4.79 Å². The van der Waals surface area contributed by atoms with E-state index in [1.807, 2.05) is 32.0 Å². The molecule has 3 N–H and O–H groups in total. The molecule has 3 saturated heterocycles. The number of carboxylic acids is 1. The second kappa shape index (κ2) is 8.50. The van der Waals surface area contributed by atoms with Gasteiger partial charge in [-0.2, -0.15) is 5.10 Å². The molecule has 10 nitrogen and oxygen atoms in total. The summed E-state index contributed by atoms with van der Waals surface area (Å²) >= 11 is 0. The maximum absolute atomic E-state index is 11.3. The monoisotopic (exact) mass is 493 g/mol. The summed E-state index contributed by atoms with van der Waals surface area (Å²) < 4.78 is 17.5. The number of aromatic nitrogens is 1. The SMILES string of the molecule is Cc1nc2ccc(OC(C)/C(C=NC34CN5CC(C(=O)O)OCC5(C3)C4)=N/N)cc2c2c1COCC2. The van der Waals surface area contributed by atoms with Crippen LogP contribution in [0.5, 0.6) is 5.75 Å². The van der Waals surface area contributed by atoms with Crippen molar-refractivity contribution in [1.29, 1.82) is 0 Å². The fourth-order valence-corrected chi connectivity index (χ4v) is 6.37. The van der Waals surface area contributed by atoms with Crippen molar-refractivity contribution < 1.29 is 24.1 Å². The molecule has 2 atom stereocenters. The zero-order valence-corrected chi connectivity index (χ0v) is 20.6. The lowest BCUT2D eigenvalue weighted by atomic mass is 9.68. The summed E-state index contributed by atoms with van der Waals surface area (Å²) in [6.07, 6.45) is 3.10. The van der Waals surface area contributed by atoms with Crippen molar-refractivity contribution in [3.63, 3.8) is 0 Å². The van der Waals surface area contributed by atoms with Gasteiger partial charge in [0.15, 0.2) is 6.10 Å². The molecular formula is C26H31N5O5. The van der Waals surface area contributed by atoms with Crippen LogP contribution in [0.25, 0.3) is 10.9 Å². The fourth-order valence-electron chi connectivity index (χ4n) is 6.37. The predicted octanol–water partition coefficient (Wildman–Crippen LogP) is 1.84. The Bertz CT molecular complexity index is 1290. The molecule has 10 heteroatoms. The van der Waals surface area contributed by atoms with E-state index in [0.29, 0.717) is 32.1 Å². The Labute approximate surface area is 209 Å². The van der Waals surface area contributed by atoms with E-state index in [1.165, 1.54) is 11.1 Å². The molecule has 190 valence electrons. The Morgan fingerprint density at radius 1 is 1.39 bits per heavy atom. The minimum atomic E-state index is -0.913. The molecule has 36 heavy (non-hydrogen) atoms. The van der Waals surface area contributed by atoms with Crippen LogP contribution in [0.15, 0.2) is 28.3 Å². The van der Waals surface area contributed by atoms with Gasteiger partial charge in [-0.3, -0.25) is 14.9 Å². The zero-order chi connectivity index (χ0) is 25.1. The smallest absolute Gasteiger partial charge is 0.334 e. The number of aliphatic imine (C=N–C) groups is 1. The van der Waals surface area contributed by atoms with Crippen molar-refractivity contribution in [1.82, 2.24) is 9.88 Å². The van der Waals surface area contributed by atoms with Crippen LogP contribution in [0.1, 0.15) is 36.6 Å². The predicted molar refractivity (Wildman–Crippen MR) is 134 cm³/mol. The molecule has 1 saturated carbocycles. The van der Waals surface area contributed by atoms with Crippen LogP contribution in [-0.2, 0) is 27.3 Å². The number of hydrogen-bond acceptors (Lipinski definition) is 9. The molecule has 1 spiro atoms. The normalized spacial score (nSPS) is 30.6. The van der Waals surface area contributed by atoms with Crippen LogP contribution in [0, 0.1) is 6.92 Å². The third kappa shape index (κ3) is 3.75. The van der Waals surface area contributed by atoms with Crippen molar-refractivity contribution in [2.75, 3.05) is 26.3 Å². The molecule has 0 amide bonds. The Morgan fingerprint density at radius 2 is 2.22 bits per heavy atom. The van der Waals surface area contributed by atoms with Gasteiger partial charge in [0, 0.05) is 41.5 Å². The van der Waals surface area contributed by atoms with Gasteiger partial charge in [-0.05, 0) is 56.9 Å². The van der Waals surface area contributed by atoms with E-state index in [9.17, 15) is 9.90 Å². The highest BCUT2D eigenvalue weighted by molar-refractivity contribution is 6.32. The van der Waals surface area contributed by atoms with Gasteiger partial charge in [0.1, 0.15) is 17.6 Å². The molecule has 2 bridgehead atoms. The number of pyridine rings is 1. The summed E-state index contributed by atoms with van der Waals surface area (Å²) in [6.45, 7) is 6.78. The summed E-state index contributed by atoms with van der Waals surface area (Å²) in [6, 6.07) is 5.95. The summed E-state index contributed by atoms with van der Waals surface area (Å²) in [5.74, 6) is 5.54. The highest BCUT2D eigenvalue weighted by atomic mass is 16.5. The Morgan fingerprint density at radius 3 is 3.00 bits per heavy atom. The van der Waals surface area contributed by atoms with E-state index in [2.05, 4.69) is 10.0 Å². The summed E-state index contributed by atoms with van der Waals surface area (Å²) in [5, 5.41) is 14.4. The summed E-state index contributed by atoms with van der Waals surface area (Å²) in [5.41, 5.74) is 4.62. The van der Waals surface area contributed by atoms with E-state index in [-0.39, 0.29) is 11.1 Å². The fraction of sp³-hybridized carbons (Fsp3) is 0.538. The first-order chi connectivity index (χ1) is 17.3. The third-order valence-electron chi connectivity index (χ3n) is 8.16. The number of hydrazone groups is 1. The average molecular weight is 494 g/mol. The Kier molecular flexibility index (Phi) is 5.51. The van der Waals surface area contributed by atoms with Crippen LogP contribution >= 0.6 is 0 Å². The van der Waals surface area contributed by atoms with E-state index in [0.717, 1.165) is 48.2 Å². The lowest BCUT2D eigenvalue weighted by Gasteiger charge is -2.49. The quantitative estimate of drug-likeness (QED) is 0.354. The largest absolute Gasteiger partial charge is 0.484 e. The first-order valence-corrected chi connectivity index (χ1v) is 12.4. The molecule has 2 unspecified atom stereocenters. The minimum Gasteiger partial charge on any atom is -0.484 e. The second-order valence-corrected chi connectivity index (χ2v) is 10.5. The first-order valence-electron chi connectivity index (χ1n) is 12.4. The molecule has 1 aliphatic carbocycles. The molecular weight excluding hydrogens is 462 g/mol. The van der Waals surface area contributed by atoms with Gasteiger partial charge in [-0.15, -0.1) is 0 Å². The number of nitrogens with two attached hydrogens (primary N) is 1. The highest BCUT2D eigenvalue weighted by Crippen LogP contribution is 2.57. The standard InChI is InChI=1S/C26H31N5O5/c1-15-20-10-34-6-5-18(20)19-7-17(3-4-21(19)29-15)36-16(2)22(30-27)8-28-25-11-26(12-25)14-35-23(24(32)33)9-31(26)13-25/h3-4,7-8,16,23H,5-6,9-14,27H2,1-2H3,(H,32,33)/b28-8?,30-22+. The van der Waals surface area contributed by atoms with Crippen LogP contribution in [0.3, 0.4) is 0 Å². The molecule has 5 aliphatic rings. The van der Waals surface area contributed by atoms with Gasteiger partial charge in [0.25, 0.3) is 0 Å². The van der Waals surface area contributed by atoms with E-state index in [1.54, 1.807) is 6.21 Å². The topological polar surface area (TPSA) is 132 Å². The summed E-state index contributed by atoms with van der Waals surface area (Å²) in [7, 11) is 0. The minimum absolute atomic E-state index is 0.0902. The van der Waals surface area contributed by atoms with Gasteiger partial charge in [0.05, 0.1) is 30.9 Å². The lowest BCUT2D eigenvalue weighted by Crippen LogP contribution is -2.60. The molecule has 7 rings (SSSR count). The van der Waals surface area contributed by atoms with Crippen LogP contribution in [-0.4, -0.2) is 82.5 Å². The van der Waals surface area contributed by atoms with Crippen LogP contribution < -0.4 is 10.6 Å². The molecule has 1 aromatic carbocycles. The van der Waals surface area contributed by atoms with Crippen molar-refractivity contribution in [3.05, 3.63) is 35.0 Å². The number of nitrogens with zero attached hydrogens (tertiary/aromatic N) is 4. The van der Waals surface area contributed by atoms with E-state index >= 15 is 0 Å². The Balaban J connectivity index is 1.16. The number of aryl methyl sites for hydroxylation is 1. The highest BCUT2D eigenvalue weighted by Gasteiger charge is 2.67. The summed E-state index contributed by atoms with van der Waals surface area (Å²) in [4.78, 5) is 23.2. The number of carboxylic acid groups (broad SMARTS) is 1. The molecule has 4 fully saturated rings. The number of ether oxygens (including phenoxy) is 3. The maximum Gasteiger partial charge on any atom is 0.334 e. The van der Waals surface area contributed by atoms with Crippen molar-refractivity contribution >= 4 is 28.8 Å². The van der Waals surface area contributed by atoms with Crippen LogP contribution in [0.4, 0.5) is 0 Å². The Hall–Kier alpha value is -3.08. The first kappa shape index (κ1) is 23.3. The van der Waals surface area contributed by atoms with Gasteiger partial charge >= 0.3 is 5.97 Å². The third-order valence-corrected chi connectivity index (χ3v) is 8.16. The number of carbonyl (C=O) groups is 1. The van der Waals surface area contributed by atoms with Crippen molar-refractivity contribution in [2.24, 2.45) is 15.9 Å². The van der Waals surface area contributed by atoms with E-state index in [4.69, 9.17) is 30.0 Å². The average Bonchev–Trinajstić information content (AvgIpc) is 3.35. The van der Waals surface area contributed by atoms with Crippen LogP contribution in [0.2, 0.25) is 0 Å². The van der Waals surface area contributed by atoms with E-state index < -0.39 is 18.2 Å². The van der Waals surface area contributed by atoms with Gasteiger partial charge < -0.3 is 25.2 Å². The zero-order valence-electron chi connectivity index (χ0n) is 20.6. The lowest BCUT2D eigenvalue weighted by molar-refractivity contribution is -0.166. The number of hydrogen-bond donors (Lipinski definition) is 2. The van der Waals surface area contributed by atoms with Crippen molar-refractivity contribution in [2.45, 2.75) is 63.0 Å². The molecule has 4 aliphatic heterocycles. The number of aliphatic carboxylic acids is 1. The number of benzene rings is 1. The number of fused-ring (bicyclic) bond motifs is 3. The number of morpholine rings is 1. The maximum atomic E-state index is 11.3. The molecule has 1 aromatic heterocycles. The van der Waals surface area contributed by atoms with Gasteiger partial charge in [-0.1, -0.05) is 0 Å². The number of rotatable bonds is 6.